The maximum atomic E-state index is 10.8. The van der Waals surface area contributed by atoms with Crippen LogP contribution in [0.15, 0.2) is 30.6 Å². The van der Waals surface area contributed by atoms with Crippen molar-refractivity contribution >= 4 is 23.0 Å². The van der Waals surface area contributed by atoms with Gasteiger partial charge in [0, 0.05) is 24.4 Å². The SMILES string of the molecule is O=CC1CCN(c2ncnc3ccccc23)CC1. The molecule has 1 fully saturated rings. The van der Waals surface area contributed by atoms with E-state index in [-0.39, 0.29) is 5.92 Å². The fraction of sp³-hybridized carbons (Fsp3) is 0.357. The number of anilines is 1. The average molecular weight is 241 g/mol. The molecular formula is C14H15N3O. The summed E-state index contributed by atoms with van der Waals surface area (Å²) in [6.45, 7) is 1.79. The molecule has 0 spiro atoms. The molecule has 3 rings (SSSR count). The highest BCUT2D eigenvalue weighted by Crippen LogP contribution is 2.26. The molecular weight excluding hydrogens is 226 g/mol. The van der Waals surface area contributed by atoms with Crippen molar-refractivity contribution in [2.45, 2.75) is 12.8 Å². The van der Waals surface area contributed by atoms with Crippen LogP contribution in [0.1, 0.15) is 12.8 Å². The van der Waals surface area contributed by atoms with Crippen LogP contribution in [-0.4, -0.2) is 29.3 Å². The first kappa shape index (κ1) is 11.1. The summed E-state index contributed by atoms with van der Waals surface area (Å²) in [4.78, 5) is 21.7. The van der Waals surface area contributed by atoms with E-state index < -0.39 is 0 Å². The second-order valence-electron chi connectivity index (χ2n) is 4.67. The summed E-state index contributed by atoms with van der Waals surface area (Å²) >= 11 is 0. The number of carbonyl (C=O) groups excluding carboxylic acids is 1. The number of hydrogen-bond donors (Lipinski definition) is 0. The van der Waals surface area contributed by atoms with Crippen LogP contribution in [0.25, 0.3) is 10.9 Å². The monoisotopic (exact) mass is 241 g/mol. The Bertz CT molecular complexity index is 556. The van der Waals surface area contributed by atoms with Crippen LogP contribution in [0.4, 0.5) is 5.82 Å². The molecule has 18 heavy (non-hydrogen) atoms. The molecule has 2 heterocycles. The van der Waals surface area contributed by atoms with E-state index in [1.807, 2.05) is 18.2 Å². The van der Waals surface area contributed by atoms with Crippen molar-refractivity contribution in [3.63, 3.8) is 0 Å². The lowest BCUT2D eigenvalue weighted by atomic mass is 9.98. The van der Waals surface area contributed by atoms with Crippen LogP contribution in [0, 0.1) is 5.92 Å². The standard InChI is InChI=1S/C14H15N3O/c18-9-11-5-7-17(8-6-11)14-12-3-1-2-4-13(12)15-10-16-14/h1-4,9-11H,5-8H2. The normalized spacial score (nSPS) is 17.0. The predicted molar refractivity (Wildman–Crippen MR) is 70.5 cm³/mol. The highest BCUT2D eigenvalue weighted by molar-refractivity contribution is 5.89. The molecule has 0 bridgehead atoms. The first-order valence-electron chi connectivity index (χ1n) is 6.28. The van der Waals surface area contributed by atoms with Gasteiger partial charge in [0.2, 0.25) is 0 Å². The molecule has 2 aromatic rings. The molecule has 0 N–H and O–H groups in total. The summed E-state index contributed by atoms with van der Waals surface area (Å²) in [6, 6.07) is 8.04. The number of carbonyl (C=O) groups is 1. The van der Waals surface area contributed by atoms with Crippen molar-refractivity contribution in [3.8, 4) is 0 Å². The molecule has 1 aliphatic rings. The van der Waals surface area contributed by atoms with E-state index >= 15 is 0 Å². The number of fused-ring (bicyclic) bond motifs is 1. The molecule has 4 heteroatoms. The highest BCUT2D eigenvalue weighted by atomic mass is 16.1. The van der Waals surface area contributed by atoms with Crippen molar-refractivity contribution < 1.29 is 4.79 Å². The minimum atomic E-state index is 0.217. The number of aromatic nitrogens is 2. The van der Waals surface area contributed by atoms with Crippen LogP contribution in [0.2, 0.25) is 0 Å². The molecule has 0 radical (unpaired) electrons. The third-order valence-electron chi connectivity index (χ3n) is 3.55. The fourth-order valence-corrected chi connectivity index (χ4v) is 2.49. The minimum Gasteiger partial charge on any atom is -0.356 e. The Morgan fingerprint density at radius 2 is 1.94 bits per heavy atom. The molecule has 0 atom stereocenters. The minimum absolute atomic E-state index is 0.217. The molecule has 0 amide bonds. The molecule has 92 valence electrons. The Labute approximate surface area is 106 Å². The number of benzene rings is 1. The Morgan fingerprint density at radius 3 is 2.72 bits per heavy atom. The van der Waals surface area contributed by atoms with Crippen molar-refractivity contribution in [2.24, 2.45) is 5.92 Å². The van der Waals surface area contributed by atoms with Gasteiger partial charge in [-0.3, -0.25) is 0 Å². The van der Waals surface area contributed by atoms with Gasteiger partial charge >= 0.3 is 0 Å². The topological polar surface area (TPSA) is 46.1 Å². The molecule has 1 aromatic heterocycles. The zero-order chi connectivity index (χ0) is 12.4. The van der Waals surface area contributed by atoms with Gasteiger partial charge in [-0.15, -0.1) is 0 Å². The zero-order valence-electron chi connectivity index (χ0n) is 10.1. The number of piperidine rings is 1. The fourth-order valence-electron chi connectivity index (χ4n) is 2.49. The van der Waals surface area contributed by atoms with Gasteiger partial charge in [-0.05, 0) is 25.0 Å². The molecule has 1 saturated heterocycles. The second kappa shape index (κ2) is 4.72. The Kier molecular flexibility index (Phi) is 2.92. The molecule has 0 saturated carbocycles. The third kappa shape index (κ3) is 1.94. The summed E-state index contributed by atoms with van der Waals surface area (Å²) in [5, 5.41) is 1.09. The Balaban J connectivity index is 1.93. The summed E-state index contributed by atoms with van der Waals surface area (Å²) in [6.07, 6.45) is 4.53. The summed E-state index contributed by atoms with van der Waals surface area (Å²) < 4.78 is 0. The summed E-state index contributed by atoms with van der Waals surface area (Å²) in [5.74, 6) is 1.21. The molecule has 0 unspecified atom stereocenters. The van der Waals surface area contributed by atoms with Gasteiger partial charge in [-0.25, -0.2) is 9.97 Å². The van der Waals surface area contributed by atoms with Gasteiger partial charge in [-0.2, -0.15) is 0 Å². The van der Waals surface area contributed by atoms with Crippen LogP contribution in [0.5, 0.6) is 0 Å². The van der Waals surface area contributed by atoms with Gasteiger partial charge in [-0.1, -0.05) is 12.1 Å². The van der Waals surface area contributed by atoms with E-state index in [9.17, 15) is 4.79 Å². The van der Waals surface area contributed by atoms with E-state index in [0.717, 1.165) is 48.9 Å². The van der Waals surface area contributed by atoms with E-state index in [4.69, 9.17) is 0 Å². The maximum absolute atomic E-state index is 10.8. The van der Waals surface area contributed by atoms with Crippen LogP contribution in [-0.2, 0) is 4.79 Å². The largest absolute Gasteiger partial charge is 0.356 e. The van der Waals surface area contributed by atoms with E-state index in [1.54, 1.807) is 6.33 Å². The number of rotatable bonds is 2. The predicted octanol–water partition coefficient (Wildman–Crippen LogP) is 2.05. The van der Waals surface area contributed by atoms with Crippen molar-refractivity contribution in [3.05, 3.63) is 30.6 Å². The smallest absolute Gasteiger partial charge is 0.139 e. The molecule has 1 aromatic carbocycles. The van der Waals surface area contributed by atoms with Crippen molar-refractivity contribution in [2.75, 3.05) is 18.0 Å². The van der Waals surface area contributed by atoms with Gasteiger partial charge in [0.15, 0.2) is 0 Å². The number of nitrogens with zero attached hydrogens (tertiary/aromatic N) is 3. The number of aldehydes is 1. The third-order valence-corrected chi connectivity index (χ3v) is 3.55. The van der Waals surface area contributed by atoms with Crippen molar-refractivity contribution in [1.29, 1.82) is 0 Å². The lowest BCUT2D eigenvalue weighted by Crippen LogP contribution is -2.34. The lowest BCUT2D eigenvalue weighted by Gasteiger charge is -2.31. The average Bonchev–Trinajstić information content (AvgIpc) is 2.47. The Hall–Kier alpha value is -1.97. The zero-order valence-corrected chi connectivity index (χ0v) is 10.1. The van der Waals surface area contributed by atoms with E-state index in [1.165, 1.54) is 0 Å². The first-order chi connectivity index (χ1) is 8.88. The van der Waals surface area contributed by atoms with Crippen LogP contribution >= 0.6 is 0 Å². The van der Waals surface area contributed by atoms with E-state index in [2.05, 4.69) is 20.9 Å². The van der Waals surface area contributed by atoms with E-state index in [0.29, 0.717) is 0 Å². The van der Waals surface area contributed by atoms with Crippen LogP contribution in [0.3, 0.4) is 0 Å². The van der Waals surface area contributed by atoms with Crippen LogP contribution < -0.4 is 4.90 Å². The quantitative estimate of drug-likeness (QED) is 0.755. The molecule has 4 nitrogen and oxygen atoms in total. The van der Waals surface area contributed by atoms with Gasteiger partial charge in [0.1, 0.15) is 18.4 Å². The first-order valence-corrected chi connectivity index (χ1v) is 6.28. The number of hydrogen-bond acceptors (Lipinski definition) is 4. The summed E-state index contributed by atoms with van der Waals surface area (Å²) in [5.41, 5.74) is 0.972. The molecule has 0 aliphatic carbocycles. The van der Waals surface area contributed by atoms with Gasteiger partial charge < -0.3 is 9.69 Å². The molecule has 1 aliphatic heterocycles. The van der Waals surface area contributed by atoms with Gasteiger partial charge in [0.25, 0.3) is 0 Å². The second-order valence-corrected chi connectivity index (χ2v) is 4.67. The summed E-state index contributed by atoms with van der Waals surface area (Å²) in [7, 11) is 0. The lowest BCUT2D eigenvalue weighted by molar-refractivity contribution is -0.111. The van der Waals surface area contributed by atoms with Crippen molar-refractivity contribution in [1.82, 2.24) is 9.97 Å². The number of para-hydroxylation sites is 1. The maximum Gasteiger partial charge on any atom is 0.139 e. The Morgan fingerprint density at radius 1 is 1.17 bits per heavy atom. The highest BCUT2D eigenvalue weighted by Gasteiger charge is 2.20. The van der Waals surface area contributed by atoms with Gasteiger partial charge in [0.05, 0.1) is 5.52 Å².